The fourth-order valence-electron chi connectivity index (χ4n) is 3.13. The summed E-state index contributed by atoms with van der Waals surface area (Å²) < 4.78 is 7.68. The van der Waals surface area contributed by atoms with Crippen LogP contribution in [0.2, 0.25) is 0 Å². The monoisotopic (exact) mass is 339 g/mol. The van der Waals surface area contributed by atoms with Gasteiger partial charge in [-0.2, -0.15) is 10.4 Å². The fourth-order valence-corrected chi connectivity index (χ4v) is 3.13. The average Bonchev–Trinajstić information content (AvgIpc) is 3.06. The molecule has 1 aliphatic rings. The van der Waals surface area contributed by atoms with E-state index in [0.29, 0.717) is 23.5 Å². The van der Waals surface area contributed by atoms with Gasteiger partial charge in [-0.3, -0.25) is 9.48 Å². The van der Waals surface area contributed by atoms with Crippen molar-refractivity contribution in [2.75, 3.05) is 13.2 Å². The van der Waals surface area contributed by atoms with Gasteiger partial charge in [0.05, 0.1) is 23.6 Å². The third-order valence-electron chi connectivity index (χ3n) is 4.46. The molecule has 0 aromatic carbocycles. The minimum atomic E-state index is -0.233. The molecular formula is C18H21N5O2. The summed E-state index contributed by atoms with van der Waals surface area (Å²) in [7, 11) is 1.88. The van der Waals surface area contributed by atoms with Crippen LogP contribution in [0.5, 0.6) is 0 Å². The highest BCUT2D eigenvalue weighted by Crippen LogP contribution is 2.32. The summed E-state index contributed by atoms with van der Waals surface area (Å²) in [5.41, 5.74) is 2.40. The number of ether oxygens (including phenoxy) is 1. The zero-order valence-corrected chi connectivity index (χ0v) is 14.4. The predicted octanol–water partition coefficient (Wildman–Crippen LogP) is 1.89. The molecule has 1 amide bonds. The third kappa shape index (κ3) is 3.86. The molecule has 2 aromatic rings. The fraction of sp³-hybridized carbons (Fsp3) is 0.444. The normalized spacial score (nSPS) is 20.0. The molecule has 0 aliphatic carbocycles. The van der Waals surface area contributed by atoms with Crippen molar-refractivity contribution in [1.82, 2.24) is 20.1 Å². The van der Waals surface area contributed by atoms with Crippen molar-refractivity contribution in [2.45, 2.75) is 25.9 Å². The van der Waals surface area contributed by atoms with E-state index in [1.54, 1.807) is 23.7 Å². The van der Waals surface area contributed by atoms with Crippen LogP contribution in [0.3, 0.4) is 0 Å². The largest absolute Gasteiger partial charge is 0.373 e. The molecule has 7 heteroatoms. The Morgan fingerprint density at radius 1 is 1.52 bits per heavy atom. The van der Waals surface area contributed by atoms with Crippen molar-refractivity contribution in [3.05, 3.63) is 47.0 Å². The molecule has 3 heterocycles. The smallest absolute Gasteiger partial charge is 0.269 e. The molecule has 0 saturated carbocycles. The SMILES string of the molecule is Cc1nc(C(=O)NC[C@@H]2CCCO[C@H]2c2cnn(C)c2)ccc1C#N. The Balaban J connectivity index is 1.66. The highest BCUT2D eigenvalue weighted by atomic mass is 16.5. The van der Waals surface area contributed by atoms with Gasteiger partial charge < -0.3 is 10.1 Å². The number of carbonyl (C=O) groups is 1. The van der Waals surface area contributed by atoms with Gasteiger partial charge in [-0.1, -0.05) is 0 Å². The van der Waals surface area contributed by atoms with Crippen molar-refractivity contribution in [1.29, 1.82) is 5.26 Å². The lowest BCUT2D eigenvalue weighted by Gasteiger charge is -2.31. The zero-order chi connectivity index (χ0) is 17.8. The molecule has 3 rings (SSSR count). The van der Waals surface area contributed by atoms with Crippen LogP contribution in [-0.2, 0) is 11.8 Å². The third-order valence-corrected chi connectivity index (χ3v) is 4.46. The lowest BCUT2D eigenvalue weighted by Crippen LogP contribution is -2.35. The quantitative estimate of drug-likeness (QED) is 0.918. The van der Waals surface area contributed by atoms with Gasteiger partial charge in [-0.15, -0.1) is 0 Å². The summed E-state index contributed by atoms with van der Waals surface area (Å²) in [5.74, 6) is -0.0375. The zero-order valence-electron chi connectivity index (χ0n) is 14.4. The van der Waals surface area contributed by atoms with Gasteiger partial charge in [-0.25, -0.2) is 4.98 Å². The van der Waals surface area contributed by atoms with E-state index in [4.69, 9.17) is 10.00 Å². The first-order valence-corrected chi connectivity index (χ1v) is 8.34. The number of hydrogen-bond acceptors (Lipinski definition) is 5. The van der Waals surface area contributed by atoms with Crippen LogP contribution in [0, 0.1) is 24.2 Å². The molecule has 1 fully saturated rings. The summed E-state index contributed by atoms with van der Waals surface area (Å²) in [6, 6.07) is 5.26. The maximum atomic E-state index is 12.4. The van der Waals surface area contributed by atoms with Crippen LogP contribution in [0.4, 0.5) is 0 Å². The van der Waals surface area contributed by atoms with Gasteiger partial charge in [-0.05, 0) is 31.9 Å². The summed E-state index contributed by atoms with van der Waals surface area (Å²) in [6.07, 6.45) is 5.68. The molecule has 130 valence electrons. The molecule has 0 spiro atoms. The lowest BCUT2D eigenvalue weighted by molar-refractivity contribution is -0.0273. The van der Waals surface area contributed by atoms with Gasteiger partial charge in [0.1, 0.15) is 11.8 Å². The van der Waals surface area contributed by atoms with E-state index in [0.717, 1.165) is 25.0 Å². The molecule has 1 saturated heterocycles. The molecule has 1 N–H and O–H groups in total. The molecule has 2 atom stereocenters. The molecule has 0 unspecified atom stereocenters. The summed E-state index contributed by atoms with van der Waals surface area (Å²) >= 11 is 0. The van der Waals surface area contributed by atoms with Crippen molar-refractivity contribution in [3.8, 4) is 6.07 Å². The first-order chi connectivity index (χ1) is 12.1. The van der Waals surface area contributed by atoms with Gasteiger partial charge >= 0.3 is 0 Å². The number of amides is 1. The van der Waals surface area contributed by atoms with Crippen LogP contribution < -0.4 is 5.32 Å². The second kappa shape index (κ2) is 7.45. The number of rotatable bonds is 4. The Hall–Kier alpha value is -2.72. The Morgan fingerprint density at radius 3 is 3.04 bits per heavy atom. The number of pyridine rings is 1. The summed E-state index contributed by atoms with van der Waals surface area (Å²) in [5, 5.41) is 16.1. The van der Waals surface area contributed by atoms with E-state index in [2.05, 4.69) is 21.5 Å². The van der Waals surface area contributed by atoms with Crippen molar-refractivity contribution < 1.29 is 9.53 Å². The van der Waals surface area contributed by atoms with Crippen molar-refractivity contribution >= 4 is 5.91 Å². The number of aryl methyl sites for hydroxylation is 2. The Labute approximate surface area is 146 Å². The van der Waals surface area contributed by atoms with Gasteiger partial charge in [0.25, 0.3) is 5.91 Å². The topological polar surface area (TPSA) is 92.8 Å². The first-order valence-electron chi connectivity index (χ1n) is 8.34. The summed E-state index contributed by atoms with van der Waals surface area (Å²) in [4.78, 5) is 16.6. The molecule has 1 aliphatic heterocycles. The molecule has 0 radical (unpaired) electrons. The number of aromatic nitrogens is 3. The van der Waals surface area contributed by atoms with E-state index >= 15 is 0 Å². The van der Waals surface area contributed by atoms with Crippen LogP contribution in [0.1, 0.15) is 46.3 Å². The van der Waals surface area contributed by atoms with E-state index in [1.807, 2.05) is 19.4 Å². The predicted molar refractivity (Wildman–Crippen MR) is 90.6 cm³/mol. The second-order valence-electron chi connectivity index (χ2n) is 6.29. The highest BCUT2D eigenvalue weighted by Gasteiger charge is 2.29. The number of nitrogens with zero attached hydrogens (tertiary/aromatic N) is 4. The van der Waals surface area contributed by atoms with E-state index < -0.39 is 0 Å². The van der Waals surface area contributed by atoms with Crippen molar-refractivity contribution in [3.63, 3.8) is 0 Å². The first kappa shape index (κ1) is 17.1. The number of nitriles is 1. The average molecular weight is 339 g/mol. The Morgan fingerprint density at radius 2 is 2.36 bits per heavy atom. The number of nitrogens with one attached hydrogen (secondary N) is 1. The molecular weight excluding hydrogens is 318 g/mol. The van der Waals surface area contributed by atoms with E-state index in [-0.39, 0.29) is 17.9 Å². The standard InChI is InChI=1S/C18H21N5O2/c1-12-13(8-19)5-6-16(22-12)18(24)20-9-14-4-3-7-25-17(14)15-10-21-23(2)11-15/h5-6,10-11,14,17H,3-4,7,9H2,1-2H3,(H,20,24)/t14-,17+/m0/s1. The van der Waals surface area contributed by atoms with Crippen molar-refractivity contribution in [2.24, 2.45) is 13.0 Å². The van der Waals surface area contributed by atoms with Crippen LogP contribution in [0.25, 0.3) is 0 Å². The number of hydrogen-bond donors (Lipinski definition) is 1. The second-order valence-corrected chi connectivity index (χ2v) is 6.29. The Bertz CT molecular complexity index is 808. The molecule has 25 heavy (non-hydrogen) atoms. The maximum absolute atomic E-state index is 12.4. The van der Waals surface area contributed by atoms with E-state index in [9.17, 15) is 4.79 Å². The maximum Gasteiger partial charge on any atom is 0.269 e. The van der Waals surface area contributed by atoms with Gasteiger partial charge in [0, 0.05) is 37.9 Å². The highest BCUT2D eigenvalue weighted by molar-refractivity contribution is 5.92. The Kier molecular flexibility index (Phi) is 5.10. The lowest BCUT2D eigenvalue weighted by atomic mass is 9.91. The molecule has 2 aromatic heterocycles. The number of carbonyl (C=O) groups excluding carboxylic acids is 1. The summed E-state index contributed by atoms with van der Waals surface area (Å²) in [6.45, 7) is 2.96. The molecule has 7 nitrogen and oxygen atoms in total. The molecule has 0 bridgehead atoms. The minimum Gasteiger partial charge on any atom is -0.373 e. The van der Waals surface area contributed by atoms with Crippen LogP contribution in [-0.4, -0.2) is 33.8 Å². The van der Waals surface area contributed by atoms with Crippen LogP contribution in [0.15, 0.2) is 24.5 Å². The minimum absolute atomic E-state index is 0.0570. The van der Waals surface area contributed by atoms with Crippen LogP contribution >= 0.6 is 0 Å². The van der Waals surface area contributed by atoms with Gasteiger partial charge in [0.2, 0.25) is 0 Å². The van der Waals surface area contributed by atoms with Gasteiger partial charge in [0.15, 0.2) is 0 Å². The van der Waals surface area contributed by atoms with E-state index in [1.165, 1.54) is 0 Å².